The van der Waals surface area contributed by atoms with Crippen molar-refractivity contribution in [1.29, 1.82) is 0 Å². The van der Waals surface area contributed by atoms with Gasteiger partial charge in [-0.05, 0) is 54.6 Å². The molecule has 2 heterocycles. The molecule has 0 saturated heterocycles. The first kappa shape index (κ1) is 20.1. The molecule has 35 heavy (non-hydrogen) atoms. The summed E-state index contributed by atoms with van der Waals surface area (Å²) in [5.74, 6) is 0. The summed E-state index contributed by atoms with van der Waals surface area (Å²) in [6.45, 7) is 0. The Labute approximate surface area is 207 Å². The van der Waals surface area contributed by atoms with Crippen molar-refractivity contribution in [2.24, 2.45) is 0 Å². The van der Waals surface area contributed by atoms with E-state index in [1.807, 2.05) is 11.3 Å². The second-order valence-electron chi connectivity index (χ2n) is 8.65. The molecule has 2 aromatic heterocycles. The Morgan fingerprint density at radius 3 is 1.86 bits per heavy atom. The van der Waals surface area contributed by atoms with E-state index in [1.54, 1.807) is 0 Å². The predicted molar refractivity (Wildman–Crippen MR) is 151 cm³/mol. The zero-order chi connectivity index (χ0) is 23.2. The Morgan fingerprint density at radius 2 is 1.11 bits per heavy atom. The van der Waals surface area contributed by atoms with Crippen LogP contribution < -0.4 is 4.90 Å². The molecule has 0 spiro atoms. The van der Waals surface area contributed by atoms with E-state index in [2.05, 4.69) is 143 Å². The molecule has 3 heteroatoms. The molecular formula is C32H22N2S. The van der Waals surface area contributed by atoms with Crippen LogP contribution in [0.1, 0.15) is 0 Å². The van der Waals surface area contributed by atoms with Gasteiger partial charge < -0.3 is 9.47 Å². The van der Waals surface area contributed by atoms with E-state index >= 15 is 0 Å². The Bertz CT molecular complexity index is 1750. The molecule has 7 rings (SSSR count). The zero-order valence-electron chi connectivity index (χ0n) is 19.0. The van der Waals surface area contributed by atoms with E-state index in [1.165, 1.54) is 31.2 Å². The van der Waals surface area contributed by atoms with E-state index in [0.717, 1.165) is 22.7 Å². The van der Waals surface area contributed by atoms with Crippen molar-refractivity contribution >= 4 is 59.6 Å². The molecule has 0 N–H and O–H groups in total. The first-order valence-electron chi connectivity index (χ1n) is 11.8. The van der Waals surface area contributed by atoms with Crippen LogP contribution in [-0.4, -0.2) is 4.57 Å². The van der Waals surface area contributed by atoms with E-state index < -0.39 is 0 Å². The molecule has 0 saturated carbocycles. The monoisotopic (exact) mass is 466 g/mol. The Kier molecular flexibility index (Phi) is 4.68. The van der Waals surface area contributed by atoms with E-state index in [-0.39, 0.29) is 0 Å². The van der Waals surface area contributed by atoms with Gasteiger partial charge >= 0.3 is 0 Å². The number of aromatic nitrogens is 1. The number of hydrogen-bond acceptors (Lipinski definition) is 2. The average Bonchev–Trinajstić information content (AvgIpc) is 3.45. The minimum absolute atomic E-state index is 1.13. The lowest BCUT2D eigenvalue weighted by atomic mass is 10.1. The zero-order valence-corrected chi connectivity index (χ0v) is 19.8. The predicted octanol–water partition coefficient (Wildman–Crippen LogP) is 9.47. The van der Waals surface area contributed by atoms with Gasteiger partial charge in [-0.3, -0.25) is 0 Å². The molecule has 2 nitrogen and oxygen atoms in total. The summed E-state index contributed by atoms with van der Waals surface area (Å²) in [5.41, 5.74) is 7.09. The third-order valence-electron chi connectivity index (χ3n) is 6.56. The van der Waals surface area contributed by atoms with Gasteiger partial charge in [-0.15, -0.1) is 11.3 Å². The lowest BCUT2D eigenvalue weighted by molar-refractivity contribution is 1.18. The molecular weight excluding hydrogens is 444 g/mol. The lowest BCUT2D eigenvalue weighted by Crippen LogP contribution is -2.10. The third-order valence-corrected chi connectivity index (χ3v) is 7.75. The topological polar surface area (TPSA) is 8.17 Å². The molecule has 0 radical (unpaired) electrons. The lowest BCUT2D eigenvalue weighted by Gasteiger charge is -2.26. The van der Waals surface area contributed by atoms with Crippen LogP contribution in [-0.2, 0) is 0 Å². The number of benzene rings is 5. The fraction of sp³-hybridized carbons (Fsp3) is 0. The van der Waals surface area contributed by atoms with Crippen LogP contribution in [0.2, 0.25) is 0 Å². The maximum Gasteiger partial charge on any atom is 0.0727 e. The number of para-hydroxylation sites is 3. The van der Waals surface area contributed by atoms with Crippen LogP contribution >= 0.6 is 11.3 Å². The number of hydrogen-bond donors (Lipinski definition) is 0. The molecule has 0 aliphatic rings. The molecule has 5 aromatic carbocycles. The van der Waals surface area contributed by atoms with Gasteiger partial charge in [0.25, 0.3) is 0 Å². The number of fused-ring (bicyclic) bond motifs is 5. The summed E-state index contributed by atoms with van der Waals surface area (Å²) in [7, 11) is 0. The van der Waals surface area contributed by atoms with Gasteiger partial charge in [-0.2, -0.15) is 0 Å². The maximum absolute atomic E-state index is 2.43. The maximum atomic E-state index is 2.43. The summed E-state index contributed by atoms with van der Waals surface area (Å²) in [5, 5.41) is 2.61. The first-order valence-corrected chi connectivity index (χ1v) is 12.6. The molecule has 0 unspecified atom stereocenters. The Hall–Kier alpha value is -4.34. The van der Waals surface area contributed by atoms with Gasteiger partial charge in [0, 0.05) is 38.2 Å². The molecule has 0 aliphatic carbocycles. The summed E-state index contributed by atoms with van der Waals surface area (Å²) < 4.78 is 5.10. The first-order chi connectivity index (χ1) is 17.4. The second-order valence-corrected chi connectivity index (χ2v) is 9.71. The van der Waals surface area contributed by atoms with Crippen molar-refractivity contribution in [3.8, 4) is 5.69 Å². The van der Waals surface area contributed by atoms with Crippen LogP contribution in [0.5, 0.6) is 0 Å². The van der Waals surface area contributed by atoms with Crippen molar-refractivity contribution < 1.29 is 0 Å². The van der Waals surface area contributed by atoms with Gasteiger partial charge in [-0.25, -0.2) is 0 Å². The highest BCUT2D eigenvalue weighted by atomic mass is 32.1. The van der Waals surface area contributed by atoms with Gasteiger partial charge in [0.1, 0.15) is 0 Å². The van der Waals surface area contributed by atoms with Crippen molar-refractivity contribution in [1.82, 2.24) is 4.57 Å². The highest BCUT2D eigenvalue weighted by Gasteiger charge is 2.18. The summed E-state index contributed by atoms with van der Waals surface area (Å²) in [4.78, 5) is 2.32. The fourth-order valence-corrected chi connectivity index (χ4v) is 6.28. The molecule has 0 fully saturated rings. The van der Waals surface area contributed by atoms with Crippen molar-refractivity contribution in [2.45, 2.75) is 0 Å². The number of thiophene rings is 1. The van der Waals surface area contributed by atoms with E-state index in [0.29, 0.717) is 0 Å². The van der Waals surface area contributed by atoms with Crippen LogP contribution in [0.4, 0.5) is 17.1 Å². The minimum Gasteiger partial charge on any atom is -0.310 e. The molecule has 0 bridgehead atoms. The summed E-state index contributed by atoms with van der Waals surface area (Å²) in [6.07, 6.45) is 0. The number of anilines is 3. The van der Waals surface area contributed by atoms with E-state index in [9.17, 15) is 0 Å². The Morgan fingerprint density at radius 1 is 0.514 bits per heavy atom. The van der Waals surface area contributed by atoms with Gasteiger partial charge in [0.05, 0.1) is 15.7 Å². The van der Waals surface area contributed by atoms with Crippen molar-refractivity contribution in [2.75, 3.05) is 4.90 Å². The number of rotatable bonds is 4. The quantitative estimate of drug-likeness (QED) is 0.251. The molecule has 0 aliphatic heterocycles. The standard InChI is InChI=1S/C32H22N2S/c1-3-12-23(13-4-1)33(24-14-5-2-6-15-24)25-16-11-17-26(22-25)34-29-20-9-7-18-27(29)32-31(34)28-19-8-10-21-30(28)35-32/h1-22H. The third kappa shape index (κ3) is 3.24. The second kappa shape index (κ2) is 8.15. The average molecular weight is 467 g/mol. The molecule has 0 atom stereocenters. The number of nitrogens with zero attached hydrogens (tertiary/aromatic N) is 2. The van der Waals surface area contributed by atoms with Crippen LogP contribution in [0.25, 0.3) is 36.9 Å². The SMILES string of the molecule is c1ccc(N(c2ccccc2)c2cccc(-n3c4ccccc4c4sc5ccccc5c43)c2)cc1. The normalized spacial score (nSPS) is 11.4. The van der Waals surface area contributed by atoms with Crippen LogP contribution in [0, 0.1) is 0 Å². The molecule has 7 aromatic rings. The van der Waals surface area contributed by atoms with Gasteiger partial charge in [0.15, 0.2) is 0 Å². The van der Waals surface area contributed by atoms with Crippen molar-refractivity contribution in [3.63, 3.8) is 0 Å². The Balaban J connectivity index is 1.50. The minimum atomic E-state index is 1.13. The van der Waals surface area contributed by atoms with Crippen LogP contribution in [0.15, 0.2) is 133 Å². The van der Waals surface area contributed by atoms with Crippen molar-refractivity contribution in [3.05, 3.63) is 133 Å². The van der Waals surface area contributed by atoms with Gasteiger partial charge in [0.2, 0.25) is 0 Å². The molecule has 0 amide bonds. The highest BCUT2D eigenvalue weighted by Crippen LogP contribution is 2.43. The fourth-order valence-electron chi connectivity index (χ4n) is 5.06. The van der Waals surface area contributed by atoms with Crippen LogP contribution in [0.3, 0.4) is 0 Å². The van der Waals surface area contributed by atoms with E-state index in [4.69, 9.17) is 0 Å². The smallest absolute Gasteiger partial charge is 0.0727 e. The van der Waals surface area contributed by atoms with Gasteiger partial charge in [-0.1, -0.05) is 78.9 Å². The summed E-state index contributed by atoms with van der Waals surface area (Å²) in [6, 6.07) is 47.5. The highest BCUT2D eigenvalue weighted by molar-refractivity contribution is 7.26. The molecule has 166 valence electrons. The largest absolute Gasteiger partial charge is 0.310 e. The summed E-state index contributed by atoms with van der Waals surface area (Å²) >= 11 is 1.88.